The molecule has 0 saturated heterocycles. The fourth-order valence-corrected chi connectivity index (χ4v) is 2.77. The molecule has 2 rings (SSSR count). The highest BCUT2D eigenvalue weighted by Crippen LogP contribution is 2.26. The van der Waals surface area contributed by atoms with E-state index in [1.54, 1.807) is 12.1 Å². The molecule has 0 radical (unpaired) electrons. The third-order valence-corrected chi connectivity index (χ3v) is 4.10. The molecule has 0 bridgehead atoms. The number of rotatable bonds is 4. The van der Waals surface area contributed by atoms with E-state index in [2.05, 4.69) is 42.5 Å². The minimum absolute atomic E-state index is 0.126. The second-order valence-corrected chi connectivity index (χ2v) is 6.15. The van der Waals surface area contributed by atoms with Crippen molar-refractivity contribution in [1.82, 2.24) is 0 Å². The number of hydrogen-bond acceptors (Lipinski definition) is 2. The average Bonchev–Trinajstić information content (AvgIpc) is 2.40. The highest BCUT2D eigenvalue weighted by molar-refractivity contribution is 9.11. The monoisotopic (exact) mass is 416 g/mol. The first kappa shape index (κ1) is 15.4. The molecule has 0 fully saturated rings. The summed E-state index contributed by atoms with van der Waals surface area (Å²) in [7, 11) is 0. The quantitative estimate of drug-likeness (QED) is 0.740. The van der Waals surface area contributed by atoms with Gasteiger partial charge in [0.15, 0.2) is 0 Å². The van der Waals surface area contributed by atoms with Crippen molar-refractivity contribution in [2.75, 3.05) is 17.2 Å². The van der Waals surface area contributed by atoms with Crippen LogP contribution < -0.4 is 10.6 Å². The molecule has 2 aromatic carbocycles. The Bertz CT molecular complexity index is 634. The molecule has 0 saturated carbocycles. The average molecular weight is 419 g/mol. The third kappa shape index (κ3) is 4.23. The van der Waals surface area contributed by atoms with Gasteiger partial charge in [0.25, 0.3) is 0 Å². The fraction of sp³-hybridized carbons (Fsp3) is 0.0714. The Kier molecular flexibility index (Phi) is 5.46. The molecule has 6 heteroatoms. The first-order valence-corrected chi connectivity index (χ1v) is 7.76. The maximum atomic E-state index is 11.9. The zero-order chi connectivity index (χ0) is 14.5. The lowest BCUT2D eigenvalue weighted by molar-refractivity contribution is -0.114. The van der Waals surface area contributed by atoms with Crippen molar-refractivity contribution >= 4 is 60.7 Å². The molecule has 0 aliphatic heterocycles. The van der Waals surface area contributed by atoms with Crippen LogP contribution in [0.2, 0.25) is 5.02 Å². The summed E-state index contributed by atoms with van der Waals surface area (Å²) in [4.78, 5) is 11.9. The molecular weight excluding hydrogens is 407 g/mol. The van der Waals surface area contributed by atoms with Crippen LogP contribution in [0, 0.1) is 0 Å². The largest absolute Gasteiger partial charge is 0.375 e. The van der Waals surface area contributed by atoms with Gasteiger partial charge in [-0.15, -0.1) is 0 Å². The topological polar surface area (TPSA) is 41.1 Å². The maximum absolute atomic E-state index is 11.9. The summed E-state index contributed by atoms with van der Waals surface area (Å²) in [5, 5.41) is 6.51. The number of carbonyl (C=O) groups is 1. The van der Waals surface area contributed by atoms with Crippen LogP contribution in [0.5, 0.6) is 0 Å². The Labute approximate surface area is 139 Å². The van der Waals surface area contributed by atoms with Gasteiger partial charge in [0, 0.05) is 19.7 Å². The van der Waals surface area contributed by atoms with Gasteiger partial charge in [0.05, 0.1) is 12.2 Å². The predicted octanol–water partition coefficient (Wildman–Crippen LogP) is 4.92. The molecule has 0 unspecified atom stereocenters. The van der Waals surface area contributed by atoms with Crippen LogP contribution in [-0.2, 0) is 4.79 Å². The number of amides is 1. The van der Waals surface area contributed by atoms with Crippen molar-refractivity contribution in [3.63, 3.8) is 0 Å². The van der Waals surface area contributed by atoms with Gasteiger partial charge >= 0.3 is 0 Å². The van der Waals surface area contributed by atoms with Crippen LogP contribution in [0.3, 0.4) is 0 Å². The standard InChI is InChI=1S/C14H11Br2ClN2O/c15-10-3-1-2-4-13(10)19-14(20)8-18-12-6-5-9(17)7-11(12)16/h1-7,18H,8H2,(H,19,20). The number of benzene rings is 2. The van der Waals surface area contributed by atoms with Crippen molar-refractivity contribution in [3.05, 3.63) is 56.4 Å². The minimum Gasteiger partial charge on any atom is -0.375 e. The third-order valence-electron chi connectivity index (χ3n) is 2.52. The van der Waals surface area contributed by atoms with Crippen molar-refractivity contribution in [3.8, 4) is 0 Å². The molecule has 0 aliphatic carbocycles. The summed E-state index contributed by atoms with van der Waals surface area (Å²) in [6.45, 7) is 0.168. The van der Waals surface area contributed by atoms with Gasteiger partial charge in [0.2, 0.25) is 5.91 Å². The van der Waals surface area contributed by atoms with E-state index < -0.39 is 0 Å². The number of nitrogens with one attached hydrogen (secondary N) is 2. The number of carbonyl (C=O) groups excluding carboxylic acids is 1. The van der Waals surface area contributed by atoms with E-state index in [4.69, 9.17) is 11.6 Å². The second kappa shape index (κ2) is 7.11. The normalized spacial score (nSPS) is 10.2. The van der Waals surface area contributed by atoms with Crippen LogP contribution in [0.1, 0.15) is 0 Å². The van der Waals surface area contributed by atoms with Gasteiger partial charge in [-0.05, 0) is 62.2 Å². The number of halogens is 3. The Morgan fingerprint density at radius 3 is 2.50 bits per heavy atom. The Hall–Kier alpha value is -1.04. The van der Waals surface area contributed by atoms with Crippen LogP contribution in [0.4, 0.5) is 11.4 Å². The van der Waals surface area contributed by atoms with E-state index in [1.165, 1.54) is 0 Å². The molecular formula is C14H11Br2ClN2O. The summed E-state index contributed by atoms with van der Waals surface area (Å²) in [5.41, 5.74) is 1.56. The maximum Gasteiger partial charge on any atom is 0.243 e. The summed E-state index contributed by atoms with van der Waals surface area (Å²) in [5.74, 6) is -0.126. The summed E-state index contributed by atoms with van der Waals surface area (Å²) in [6.07, 6.45) is 0. The minimum atomic E-state index is -0.126. The highest BCUT2D eigenvalue weighted by atomic mass is 79.9. The molecule has 3 nitrogen and oxygen atoms in total. The van der Waals surface area contributed by atoms with Gasteiger partial charge < -0.3 is 10.6 Å². The van der Waals surface area contributed by atoms with Gasteiger partial charge in [-0.1, -0.05) is 23.7 Å². The molecule has 0 aliphatic rings. The van der Waals surface area contributed by atoms with Crippen molar-refractivity contribution in [2.45, 2.75) is 0 Å². The molecule has 1 amide bonds. The second-order valence-electron chi connectivity index (χ2n) is 4.01. The van der Waals surface area contributed by atoms with Gasteiger partial charge in [0.1, 0.15) is 0 Å². The molecule has 0 aromatic heterocycles. The molecule has 0 spiro atoms. The van der Waals surface area contributed by atoms with Gasteiger partial charge in [-0.2, -0.15) is 0 Å². The fourth-order valence-electron chi connectivity index (χ4n) is 1.57. The van der Waals surface area contributed by atoms with Crippen molar-refractivity contribution in [1.29, 1.82) is 0 Å². The van der Waals surface area contributed by atoms with E-state index in [9.17, 15) is 4.79 Å². The first-order chi connectivity index (χ1) is 9.56. The predicted molar refractivity (Wildman–Crippen MR) is 90.4 cm³/mol. The van der Waals surface area contributed by atoms with Crippen molar-refractivity contribution < 1.29 is 4.79 Å². The molecule has 0 atom stereocenters. The van der Waals surface area contributed by atoms with Crippen molar-refractivity contribution in [2.24, 2.45) is 0 Å². The SMILES string of the molecule is O=C(CNc1ccc(Cl)cc1Br)Nc1ccccc1Br. The van der Waals surface area contributed by atoms with E-state index in [1.807, 2.05) is 30.3 Å². The molecule has 104 valence electrons. The van der Waals surface area contributed by atoms with Crippen LogP contribution >= 0.6 is 43.5 Å². The van der Waals surface area contributed by atoms with Crippen LogP contribution in [0.15, 0.2) is 51.4 Å². The zero-order valence-corrected chi connectivity index (χ0v) is 14.2. The van der Waals surface area contributed by atoms with E-state index in [-0.39, 0.29) is 12.5 Å². The summed E-state index contributed by atoms with van der Waals surface area (Å²) in [6, 6.07) is 12.8. The Morgan fingerprint density at radius 1 is 1.05 bits per heavy atom. The lowest BCUT2D eigenvalue weighted by Gasteiger charge is -2.10. The van der Waals surface area contributed by atoms with E-state index in [0.717, 1.165) is 20.3 Å². The zero-order valence-electron chi connectivity index (χ0n) is 10.3. The smallest absolute Gasteiger partial charge is 0.243 e. The first-order valence-electron chi connectivity index (χ1n) is 5.79. The lowest BCUT2D eigenvalue weighted by atomic mass is 10.3. The Balaban J connectivity index is 1.94. The molecule has 2 N–H and O–H groups in total. The lowest BCUT2D eigenvalue weighted by Crippen LogP contribution is -2.22. The molecule has 0 heterocycles. The summed E-state index contributed by atoms with van der Waals surface area (Å²) >= 11 is 12.6. The summed E-state index contributed by atoms with van der Waals surface area (Å²) < 4.78 is 1.67. The molecule has 2 aromatic rings. The van der Waals surface area contributed by atoms with Gasteiger partial charge in [-0.3, -0.25) is 4.79 Å². The van der Waals surface area contributed by atoms with Crippen LogP contribution in [-0.4, -0.2) is 12.5 Å². The Morgan fingerprint density at radius 2 is 1.80 bits per heavy atom. The van der Waals surface area contributed by atoms with E-state index >= 15 is 0 Å². The number of anilines is 2. The van der Waals surface area contributed by atoms with Gasteiger partial charge in [-0.25, -0.2) is 0 Å². The number of hydrogen-bond donors (Lipinski definition) is 2. The molecule has 20 heavy (non-hydrogen) atoms. The number of para-hydroxylation sites is 1. The van der Waals surface area contributed by atoms with E-state index in [0.29, 0.717) is 5.02 Å². The van der Waals surface area contributed by atoms with Crippen LogP contribution in [0.25, 0.3) is 0 Å². The highest BCUT2D eigenvalue weighted by Gasteiger charge is 2.06.